The molecule has 0 atom stereocenters. The molecule has 1 heterocycles. The predicted molar refractivity (Wildman–Crippen MR) is 226 cm³/mol. The van der Waals surface area contributed by atoms with E-state index in [0.717, 1.165) is 44.4 Å². The molecule has 0 saturated carbocycles. The first-order chi connectivity index (χ1) is 26.3. The number of nitrogens with zero attached hydrogens (tertiary/aromatic N) is 1. The van der Waals surface area contributed by atoms with E-state index in [-0.39, 0.29) is 10.8 Å². The smallest absolute Gasteiger partial charge is 0.143 e. The van der Waals surface area contributed by atoms with E-state index >= 15 is 0 Å². The highest BCUT2D eigenvalue weighted by Crippen LogP contribution is 2.56. The summed E-state index contributed by atoms with van der Waals surface area (Å²) in [6.07, 6.45) is 0. The Bertz CT molecular complexity index is 3010. The minimum Gasteiger partial charge on any atom is -0.455 e. The molecule has 1 aromatic heterocycles. The molecule has 8 aromatic carbocycles. The van der Waals surface area contributed by atoms with Gasteiger partial charge in [0, 0.05) is 38.4 Å². The monoisotopic (exact) mass is 693 g/mol. The van der Waals surface area contributed by atoms with Crippen molar-refractivity contribution in [2.75, 3.05) is 4.90 Å². The largest absolute Gasteiger partial charge is 0.455 e. The van der Waals surface area contributed by atoms with Crippen molar-refractivity contribution in [1.82, 2.24) is 0 Å². The first-order valence-corrected chi connectivity index (χ1v) is 19.0. The maximum Gasteiger partial charge on any atom is 0.143 e. The summed E-state index contributed by atoms with van der Waals surface area (Å²) in [6.45, 7) is 9.50. The standard InChI is InChI=1S/C52H39NO/c1-51(2)43-23-10-7-17-35(43)37-28-27-34(31-45(37)51)53(47-26-14-20-39-36-18-8-11-24-44(36)52(3,4)49(39)47)46-25-12-9-19-38(46)40-21-13-22-41-42-29-32-15-5-6-16-33(32)30-48(42)54-50(40)41/h5-31H,1-4H3. The van der Waals surface area contributed by atoms with E-state index in [1.807, 2.05) is 0 Å². The Morgan fingerprint density at radius 1 is 0.407 bits per heavy atom. The van der Waals surface area contributed by atoms with Crippen LogP contribution in [0.4, 0.5) is 17.1 Å². The Hall–Kier alpha value is -6.38. The van der Waals surface area contributed by atoms with Gasteiger partial charge in [-0.25, -0.2) is 0 Å². The molecule has 0 radical (unpaired) electrons. The van der Waals surface area contributed by atoms with Gasteiger partial charge in [0.2, 0.25) is 0 Å². The van der Waals surface area contributed by atoms with Crippen LogP contribution in [0.2, 0.25) is 0 Å². The number of furan rings is 1. The summed E-state index contributed by atoms with van der Waals surface area (Å²) in [5, 5.41) is 4.66. The van der Waals surface area contributed by atoms with Crippen molar-refractivity contribution in [2.24, 2.45) is 0 Å². The number of fused-ring (bicyclic) bond motifs is 10. The molecule has 0 unspecified atom stereocenters. The van der Waals surface area contributed by atoms with Crippen molar-refractivity contribution in [3.63, 3.8) is 0 Å². The molecule has 0 bridgehead atoms. The van der Waals surface area contributed by atoms with Gasteiger partial charge in [-0.2, -0.15) is 0 Å². The highest BCUT2D eigenvalue weighted by Gasteiger charge is 2.40. The number of benzene rings is 8. The van der Waals surface area contributed by atoms with Crippen molar-refractivity contribution in [3.8, 4) is 33.4 Å². The van der Waals surface area contributed by atoms with Crippen LogP contribution in [0, 0.1) is 0 Å². The van der Waals surface area contributed by atoms with Gasteiger partial charge in [0.25, 0.3) is 0 Å². The molecular weight excluding hydrogens is 655 g/mol. The molecule has 11 rings (SSSR count). The fourth-order valence-corrected chi connectivity index (χ4v) is 9.84. The molecule has 2 heteroatoms. The Kier molecular flexibility index (Phi) is 6.39. The van der Waals surface area contributed by atoms with Crippen LogP contribution in [0.25, 0.3) is 66.1 Å². The van der Waals surface area contributed by atoms with E-state index in [2.05, 4.69) is 196 Å². The molecule has 2 aliphatic rings. The van der Waals surface area contributed by atoms with Crippen molar-refractivity contribution in [3.05, 3.63) is 186 Å². The number of hydrogen-bond acceptors (Lipinski definition) is 2. The fraction of sp³-hybridized carbons (Fsp3) is 0.115. The van der Waals surface area contributed by atoms with Gasteiger partial charge in [-0.1, -0.05) is 155 Å². The minimum atomic E-state index is -0.206. The normalized spacial score (nSPS) is 14.6. The number of anilines is 3. The Morgan fingerprint density at radius 2 is 0.981 bits per heavy atom. The maximum absolute atomic E-state index is 6.85. The Labute approximate surface area is 315 Å². The van der Waals surface area contributed by atoms with Crippen LogP contribution in [0.5, 0.6) is 0 Å². The van der Waals surface area contributed by atoms with Crippen LogP contribution in [-0.2, 0) is 10.8 Å². The zero-order chi connectivity index (χ0) is 36.3. The second-order valence-corrected chi connectivity index (χ2v) is 16.1. The highest BCUT2D eigenvalue weighted by molar-refractivity contribution is 6.14. The highest BCUT2D eigenvalue weighted by atomic mass is 16.3. The minimum absolute atomic E-state index is 0.134. The van der Waals surface area contributed by atoms with Crippen molar-refractivity contribution < 1.29 is 4.42 Å². The molecular formula is C52H39NO. The van der Waals surface area contributed by atoms with Crippen molar-refractivity contribution in [2.45, 2.75) is 38.5 Å². The van der Waals surface area contributed by atoms with Crippen LogP contribution in [0.15, 0.2) is 168 Å². The molecule has 258 valence electrons. The first kappa shape index (κ1) is 31.2. The number of rotatable bonds is 4. The van der Waals surface area contributed by atoms with E-state index in [4.69, 9.17) is 4.42 Å². The lowest BCUT2D eigenvalue weighted by Gasteiger charge is -2.34. The summed E-state index contributed by atoms with van der Waals surface area (Å²) in [7, 11) is 0. The van der Waals surface area contributed by atoms with Gasteiger partial charge in [-0.15, -0.1) is 0 Å². The van der Waals surface area contributed by atoms with Gasteiger partial charge < -0.3 is 9.32 Å². The molecule has 0 spiro atoms. The molecule has 0 fully saturated rings. The number of hydrogen-bond donors (Lipinski definition) is 0. The Morgan fingerprint density at radius 3 is 1.78 bits per heavy atom. The van der Waals surface area contributed by atoms with E-state index in [9.17, 15) is 0 Å². The molecule has 9 aromatic rings. The van der Waals surface area contributed by atoms with Gasteiger partial charge in [0.15, 0.2) is 0 Å². The molecule has 0 N–H and O–H groups in total. The van der Waals surface area contributed by atoms with E-state index in [0.29, 0.717) is 0 Å². The summed E-state index contributed by atoms with van der Waals surface area (Å²) < 4.78 is 6.85. The SMILES string of the molecule is CC1(C)c2ccccc2-c2ccc(N(c3ccccc3-c3cccc4c3oc3cc5ccccc5cc34)c3cccc4c3C(C)(C)c3ccccc3-4)cc21. The number of para-hydroxylation sites is 2. The fourth-order valence-electron chi connectivity index (χ4n) is 9.84. The lowest BCUT2D eigenvalue weighted by molar-refractivity contribution is 0.658. The van der Waals surface area contributed by atoms with Gasteiger partial charge in [0.1, 0.15) is 11.2 Å². The van der Waals surface area contributed by atoms with E-state index in [1.165, 1.54) is 61.0 Å². The zero-order valence-electron chi connectivity index (χ0n) is 30.9. The third kappa shape index (κ3) is 4.23. The van der Waals surface area contributed by atoms with Crippen molar-refractivity contribution in [1.29, 1.82) is 0 Å². The molecule has 2 aliphatic carbocycles. The molecule has 0 saturated heterocycles. The molecule has 0 amide bonds. The summed E-state index contributed by atoms with van der Waals surface area (Å²) in [4.78, 5) is 2.52. The first-order valence-electron chi connectivity index (χ1n) is 19.0. The average molecular weight is 694 g/mol. The molecule has 0 aliphatic heterocycles. The zero-order valence-corrected chi connectivity index (χ0v) is 30.9. The third-order valence-corrected chi connectivity index (χ3v) is 12.4. The van der Waals surface area contributed by atoms with Crippen LogP contribution < -0.4 is 4.90 Å². The van der Waals surface area contributed by atoms with Crippen molar-refractivity contribution >= 4 is 49.8 Å². The van der Waals surface area contributed by atoms with E-state index < -0.39 is 0 Å². The quantitative estimate of drug-likeness (QED) is 0.182. The predicted octanol–water partition coefficient (Wildman–Crippen LogP) is 14.5. The summed E-state index contributed by atoms with van der Waals surface area (Å²) in [5.74, 6) is 0. The summed E-state index contributed by atoms with van der Waals surface area (Å²) in [6, 6.07) is 60.3. The van der Waals surface area contributed by atoms with E-state index in [1.54, 1.807) is 0 Å². The van der Waals surface area contributed by atoms with Crippen LogP contribution in [-0.4, -0.2) is 0 Å². The maximum atomic E-state index is 6.85. The van der Waals surface area contributed by atoms with Gasteiger partial charge in [-0.05, 0) is 91.7 Å². The third-order valence-electron chi connectivity index (χ3n) is 12.4. The van der Waals surface area contributed by atoms with Crippen LogP contribution in [0.1, 0.15) is 49.9 Å². The Balaban J connectivity index is 1.19. The second kappa shape index (κ2) is 11.1. The molecule has 2 nitrogen and oxygen atoms in total. The summed E-state index contributed by atoms with van der Waals surface area (Å²) >= 11 is 0. The van der Waals surface area contributed by atoms with Crippen LogP contribution in [0.3, 0.4) is 0 Å². The lowest BCUT2D eigenvalue weighted by Crippen LogP contribution is -2.21. The topological polar surface area (TPSA) is 16.4 Å². The van der Waals surface area contributed by atoms with Crippen LogP contribution >= 0.6 is 0 Å². The van der Waals surface area contributed by atoms with Gasteiger partial charge in [-0.3, -0.25) is 0 Å². The van der Waals surface area contributed by atoms with Gasteiger partial charge in [0.05, 0.1) is 11.4 Å². The summed E-state index contributed by atoms with van der Waals surface area (Å²) in [5.41, 5.74) is 17.8. The molecule has 54 heavy (non-hydrogen) atoms. The average Bonchev–Trinajstić information content (AvgIpc) is 3.77. The lowest BCUT2D eigenvalue weighted by atomic mass is 9.80. The van der Waals surface area contributed by atoms with Gasteiger partial charge >= 0.3 is 0 Å². The second-order valence-electron chi connectivity index (χ2n) is 16.1.